The van der Waals surface area contributed by atoms with Crippen LogP contribution in [0.25, 0.3) is 0 Å². The Kier molecular flexibility index (Phi) is 7.86. The number of phenols is 1. The number of nitrogens with one attached hydrogen (secondary N) is 1. The van der Waals surface area contributed by atoms with E-state index in [1.807, 2.05) is 39.0 Å². The van der Waals surface area contributed by atoms with Crippen molar-refractivity contribution >= 4 is 11.7 Å². The van der Waals surface area contributed by atoms with Gasteiger partial charge in [0.25, 0.3) is 0 Å². The first-order valence-electron chi connectivity index (χ1n) is 10.0. The highest BCUT2D eigenvalue weighted by molar-refractivity contribution is 6.00. The second-order valence-corrected chi connectivity index (χ2v) is 8.07. The Labute approximate surface area is 178 Å². The van der Waals surface area contributed by atoms with Crippen LogP contribution in [0.2, 0.25) is 0 Å². The van der Waals surface area contributed by atoms with Gasteiger partial charge in [-0.1, -0.05) is 13.8 Å². The van der Waals surface area contributed by atoms with Crippen LogP contribution in [-0.2, 0) is 4.79 Å². The SMILES string of the molecule is COc1ccc(OCCCC(C)(C)C(=O)NCC(=O)c2ccc(O)c(C)c2)cc1C. The molecule has 0 aliphatic heterocycles. The molecule has 6 heteroatoms. The minimum Gasteiger partial charge on any atom is -0.508 e. The fourth-order valence-electron chi connectivity index (χ4n) is 3.09. The average molecular weight is 414 g/mol. The van der Waals surface area contributed by atoms with Gasteiger partial charge in [0.05, 0.1) is 20.3 Å². The lowest BCUT2D eigenvalue weighted by molar-refractivity contribution is -0.129. The highest BCUT2D eigenvalue weighted by Crippen LogP contribution is 2.25. The van der Waals surface area contributed by atoms with E-state index in [4.69, 9.17) is 9.47 Å². The van der Waals surface area contributed by atoms with E-state index in [0.717, 1.165) is 17.1 Å². The van der Waals surface area contributed by atoms with Crippen molar-refractivity contribution in [3.8, 4) is 17.2 Å². The fourth-order valence-corrected chi connectivity index (χ4v) is 3.09. The third-order valence-electron chi connectivity index (χ3n) is 5.12. The van der Waals surface area contributed by atoms with Gasteiger partial charge in [-0.15, -0.1) is 0 Å². The molecular formula is C24H31NO5. The molecule has 0 aromatic heterocycles. The molecule has 0 aliphatic carbocycles. The zero-order valence-corrected chi connectivity index (χ0v) is 18.4. The Morgan fingerprint density at radius 3 is 2.43 bits per heavy atom. The molecule has 2 aromatic carbocycles. The molecule has 162 valence electrons. The molecule has 2 rings (SSSR count). The summed E-state index contributed by atoms with van der Waals surface area (Å²) >= 11 is 0. The molecule has 0 fully saturated rings. The number of hydrogen-bond donors (Lipinski definition) is 2. The molecule has 1 amide bonds. The summed E-state index contributed by atoms with van der Waals surface area (Å²) in [5.74, 6) is 1.36. The molecule has 0 unspecified atom stereocenters. The van der Waals surface area contributed by atoms with Crippen LogP contribution < -0.4 is 14.8 Å². The Hall–Kier alpha value is -3.02. The second kappa shape index (κ2) is 10.1. The van der Waals surface area contributed by atoms with E-state index in [1.54, 1.807) is 26.2 Å². The van der Waals surface area contributed by atoms with Gasteiger partial charge in [0.2, 0.25) is 5.91 Å². The Morgan fingerprint density at radius 1 is 1.07 bits per heavy atom. The fraction of sp³-hybridized carbons (Fsp3) is 0.417. The van der Waals surface area contributed by atoms with Crippen molar-refractivity contribution in [2.45, 2.75) is 40.5 Å². The summed E-state index contributed by atoms with van der Waals surface area (Å²) in [5.41, 5.74) is 1.47. The summed E-state index contributed by atoms with van der Waals surface area (Å²) in [6, 6.07) is 10.3. The maximum atomic E-state index is 12.5. The molecule has 6 nitrogen and oxygen atoms in total. The lowest BCUT2D eigenvalue weighted by Crippen LogP contribution is -2.39. The number of ether oxygens (including phenoxy) is 2. The number of rotatable bonds is 10. The first kappa shape index (κ1) is 23.3. The monoisotopic (exact) mass is 413 g/mol. The van der Waals surface area contributed by atoms with Crippen LogP contribution in [-0.4, -0.2) is 37.1 Å². The normalized spacial score (nSPS) is 11.1. The van der Waals surface area contributed by atoms with E-state index >= 15 is 0 Å². The molecule has 0 spiro atoms. The Morgan fingerprint density at radius 2 is 1.80 bits per heavy atom. The van der Waals surface area contributed by atoms with Crippen molar-refractivity contribution in [1.82, 2.24) is 5.32 Å². The largest absolute Gasteiger partial charge is 0.508 e. The van der Waals surface area contributed by atoms with Crippen LogP contribution in [0.5, 0.6) is 17.2 Å². The van der Waals surface area contributed by atoms with Gasteiger partial charge in [0.1, 0.15) is 17.2 Å². The third kappa shape index (κ3) is 6.24. The number of amides is 1. The number of benzene rings is 2. The molecule has 0 heterocycles. The van der Waals surface area contributed by atoms with E-state index in [0.29, 0.717) is 30.6 Å². The number of Topliss-reactive ketones (excluding diaryl/α,β-unsaturated/α-hetero) is 1. The summed E-state index contributed by atoms with van der Waals surface area (Å²) in [4.78, 5) is 24.8. The smallest absolute Gasteiger partial charge is 0.226 e. The number of aryl methyl sites for hydroxylation is 2. The van der Waals surface area contributed by atoms with Crippen molar-refractivity contribution in [1.29, 1.82) is 0 Å². The van der Waals surface area contributed by atoms with E-state index in [2.05, 4.69) is 5.32 Å². The molecule has 0 saturated carbocycles. The van der Waals surface area contributed by atoms with E-state index in [-0.39, 0.29) is 24.0 Å². The predicted molar refractivity (Wildman–Crippen MR) is 116 cm³/mol. The number of phenolic OH excluding ortho intramolecular Hbond substituents is 1. The van der Waals surface area contributed by atoms with Gasteiger partial charge in [-0.3, -0.25) is 9.59 Å². The van der Waals surface area contributed by atoms with Crippen molar-refractivity contribution in [3.63, 3.8) is 0 Å². The van der Waals surface area contributed by atoms with E-state index < -0.39 is 5.41 Å². The van der Waals surface area contributed by atoms with Crippen LogP contribution in [0.3, 0.4) is 0 Å². The summed E-state index contributed by atoms with van der Waals surface area (Å²) < 4.78 is 11.0. The summed E-state index contributed by atoms with van der Waals surface area (Å²) in [6.45, 7) is 7.81. The number of ketones is 1. The Balaban J connectivity index is 1.78. The minimum atomic E-state index is -0.621. The average Bonchev–Trinajstić information content (AvgIpc) is 2.71. The second-order valence-electron chi connectivity index (χ2n) is 8.07. The maximum Gasteiger partial charge on any atom is 0.226 e. The zero-order chi connectivity index (χ0) is 22.3. The predicted octanol–water partition coefficient (Wildman–Crippen LogP) is 4.20. The maximum absolute atomic E-state index is 12.5. The van der Waals surface area contributed by atoms with Crippen LogP contribution in [0.4, 0.5) is 0 Å². The van der Waals surface area contributed by atoms with Gasteiger partial charge in [-0.05, 0) is 74.2 Å². The first-order valence-corrected chi connectivity index (χ1v) is 10.0. The first-order chi connectivity index (χ1) is 14.1. The molecule has 0 saturated heterocycles. The number of aromatic hydroxyl groups is 1. The topological polar surface area (TPSA) is 84.9 Å². The lowest BCUT2D eigenvalue weighted by Gasteiger charge is -2.23. The molecule has 0 atom stereocenters. The highest BCUT2D eigenvalue weighted by atomic mass is 16.5. The van der Waals surface area contributed by atoms with Gasteiger partial charge in [0, 0.05) is 11.0 Å². The molecular weight excluding hydrogens is 382 g/mol. The molecule has 30 heavy (non-hydrogen) atoms. The van der Waals surface area contributed by atoms with Gasteiger partial charge in [-0.25, -0.2) is 0 Å². The van der Waals surface area contributed by atoms with Gasteiger partial charge < -0.3 is 19.9 Å². The summed E-state index contributed by atoms with van der Waals surface area (Å²) in [6.07, 6.45) is 1.33. The third-order valence-corrected chi connectivity index (χ3v) is 5.12. The summed E-state index contributed by atoms with van der Waals surface area (Å²) in [7, 11) is 1.63. The standard InChI is InChI=1S/C24H31NO5/c1-16-13-18(7-9-20(16)26)21(27)15-25-23(28)24(3,4)11-6-12-30-19-8-10-22(29-5)17(2)14-19/h7-10,13-14,26H,6,11-12,15H2,1-5H3,(H,25,28). The molecule has 2 N–H and O–H groups in total. The van der Waals surface area contributed by atoms with Gasteiger partial charge in [-0.2, -0.15) is 0 Å². The van der Waals surface area contributed by atoms with Gasteiger partial charge in [0.15, 0.2) is 5.78 Å². The minimum absolute atomic E-state index is 0.0753. The van der Waals surface area contributed by atoms with Crippen molar-refractivity contribution in [2.24, 2.45) is 5.41 Å². The van der Waals surface area contributed by atoms with Crippen LogP contribution in [0.1, 0.15) is 48.2 Å². The van der Waals surface area contributed by atoms with E-state index in [1.165, 1.54) is 6.07 Å². The van der Waals surface area contributed by atoms with Crippen molar-refractivity contribution in [2.75, 3.05) is 20.3 Å². The van der Waals surface area contributed by atoms with Crippen LogP contribution in [0.15, 0.2) is 36.4 Å². The van der Waals surface area contributed by atoms with Crippen LogP contribution >= 0.6 is 0 Å². The van der Waals surface area contributed by atoms with Crippen LogP contribution in [0, 0.1) is 19.3 Å². The number of carbonyl (C=O) groups excluding carboxylic acids is 2. The van der Waals surface area contributed by atoms with Crippen molar-refractivity contribution in [3.05, 3.63) is 53.1 Å². The lowest BCUT2D eigenvalue weighted by atomic mass is 9.87. The quantitative estimate of drug-likeness (QED) is 0.450. The van der Waals surface area contributed by atoms with Gasteiger partial charge >= 0.3 is 0 Å². The number of carbonyl (C=O) groups is 2. The molecule has 0 radical (unpaired) electrons. The number of hydrogen-bond acceptors (Lipinski definition) is 5. The summed E-state index contributed by atoms with van der Waals surface area (Å²) in [5, 5.41) is 12.3. The molecule has 2 aromatic rings. The van der Waals surface area contributed by atoms with Crippen molar-refractivity contribution < 1.29 is 24.2 Å². The zero-order valence-electron chi connectivity index (χ0n) is 18.4. The number of methoxy groups -OCH3 is 1. The van der Waals surface area contributed by atoms with E-state index in [9.17, 15) is 14.7 Å². The Bertz CT molecular complexity index is 904. The highest BCUT2D eigenvalue weighted by Gasteiger charge is 2.27. The molecule has 0 aliphatic rings. The molecule has 0 bridgehead atoms.